The molecule has 1 heterocycles. The highest BCUT2D eigenvalue weighted by molar-refractivity contribution is 7.89. The maximum Gasteiger partial charge on any atom is 0.243 e. The molecule has 1 aliphatic heterocycles. The van der Waals surface area contributed by atoms with Gasteiger partial charge in [-0.05, 0) is 24.6 Å². The van der Waals surface area contributed by atoms with Gasteiger partial charge in [0, 0.05) is 20.1 Å². The third kappa shape index (κ3) is 2.61. The Morgan fingerprint density at radius 1 is 1.30 bits per heavy atom. The zero-order chi connectivity index (χ0) is 15.1. The lowest BCUT2D eigenvalue weighted by Crippen LogP contribution is -2.50. The molecular formula is C12H16ClN3O3S. The van der Waals surface area contributed by atoms with E-state index in [4.69, 9.17) is 17.3 Å². The van der Waals surface area contributed by atoms with Crippen molar-refractivity contribution in [2.75, 3.05) is 32.4 Å². The van der Waals surface area contributed by atoms with Crippen LogP contribution in [0.25, 0.3) is 0 Å². The van der Waals surface area contributed by atoms with Gasteiger partial charge in [-0.2, -0.15) is 4.31 Å². The summed E-state index contributed by atoms with van der Waals surface area (Å²) in [4.78, 5) is 13.3. The summed E-state index contributed by atoms with van der Waals surface area (Å²) in [6.45, 7) is 2.14. The molecule has 1 aliphatic rings. The molecule has 0 bridgehead atoms. The summed E-state index contributed by atoms with van der Waals surface area (Å²) in [5.41, 5.74) is 6.39. The van der Waals surface area contributed by atoms with Crippen molar-refractivity contribution in [3.05, 3.63) is 22.7 Å². The number of halogens is 1. The van der Waals surface area contributed by atoms with E-state index >= 15 is 0 Å². The Morgan fingerprint density at radius 2 is 1.95 bits per heavy atom. The normalized spacial score (nSPS) is 17.6. The molecule has 1 amide bonds. The number of carbonyl (C=O) groups excluding carboxylic acids is 1. The highest BCUT2D eigenvalue weighted by Gasteiger charge is 2.32. The van der Waals surface area contributed by atoms with E-state index in [0.717, 1.165) is 0 Å². The molecule has 1 aromatic carbocycles. The number of hydrogen-bond donors (Lipinski definition) is 1. The van der Waals surface area contributed by atoms with Gasteiger partial charge < -0.3 is 10.6 Å². The Hall–Kier alpha value is -1.31. The molecule has 0 atom stereocenters. The largest absolute Gasteiger partial charge is 0.397 e. The third-order valence-electron chi connectivity index (χ3n) is 3.33. The smallest absolute Gasteiger partial charge is 0.243 e. The summed E-state index contributed by atoms with van der Waals surface area (Å²) in [6, 6.07) is 2.86. The molecule has 20 heavy (non-hydrogen) atoms. The lowest BCUT2D eigenvalue weighted by molar-refractivity contribution is -0.132. The number of amides is 1. The first-order chi connectivity index (χ1) is 9.23. The molecule has 0 aliphatic carbocycles. The van der Waals surface area contributed by atoms with Crippen LogP contribution in [0.5, 0.6) is 0 Å². The van der Waals surface area contributed by atoms with E-state index in [1.807, 2.05) is 0 Å². The number of sulfonamides is 1. The van der Waals surface area contributed by atoms with Gasteiger partial charge >= 0.3 is 0 Å². The molecule has 1 aromatic rings. The summed E-state index contributed by atoms with van der Waals surface area (Å²) in [6.07, 6.45) is 0. The zero-order valence-corrected chi connectivity index (χ0v) is 12.8. The highest BCUT2D eigenvalue weighted by Crippen LogP contribution is 2.28. The summed E-state index contributed by atoms with van der Waals surface area (Å²) < 4.78 is 26.3. The van der Waals surface area contributed by atoms with Gasteiger partial charge in [-0.25, -0.2) is 8.42 Å². The van der Waals surface area contributed by atoms with E-state index < -0.39 is 10.0 Å². The van der Waals surface area contributed by atoms with Gasteiger partial charge in [0.2, 0.25) is 15.9 Å². The predicted octanol–water partition coefficient (Wildman–Crippen LogP) is 0.693. The molecule has 8 heteroatoms. The van der Waals surface area contributed by atoms with Crippen LogP contribution in [-0.4, -0.2) is 50.2 Å². The van der Waals surface area contributed by atoms with Crippen molar-refractivity contribution in [2.45, 2.75) is 11.8 Å². The van der Waals surface area contributed by atoms with Crippen molar-refractivity contribution < 1.29 is 13.2 Å². The topological polar surface area (TPSA) is 83.7 Å². The van der Waals surface area contributed by atoms with Crippen LogP contribution in [0.1, 0.15) is 5.56 Å². The third-order valence-corrected chi connectivity index (χ3v) is 5.65. The fraction of sp³-hybridized carbons (Fsp3) is 0.417. The SMILES string of the molecule is Cc1cc(Cl)c(N)cc1S(=O)(=O)N1CCN(C)C(=O)C1. The molecule has 1 saturated heterocycles. The average Bonchev–Trinajstić information content (AvgIpc) is 2.36. The number of hydrogen-bond acceptors (Lipinski definition) is 4. The first kappa shape index (κ1) is 15.1. The molecule has 1 fully saturated rings. The van der Waals surface area contributed by atoms with Crippen molar-refractivity contribution in [2.24, 2.45) is 0 Å². The molecule has 110 valence electrons. The molecular weight excluding hydrogens is 302 g/mol. The number of piperazine rings is 1. The second-order valence-electron chi connectivity index (χ2n) is 4.79. The maximum absolute atomic E-state index is 12.6. The highest BCUT2D eigenvalue weighted by atomic mass is 35.5. The molecule has 0 unspecified atom stereocenters. The molecule has 0 radical (unpaired) electrons. The van der Waals surface area contributed by atoms with Crippen LogP contribution in [0.4, 0.5) is 5.69 Å². The standard InChI is InChI=1S/C12H16ClN3O3S/c1-8-5-9(13)10(14)6-11(8)20(18,19)16-4-3-15(2)12(17)7-16/h5-6H,3-4,7,14H2,1-2H3. The van der Waals surface area contributed by atoms with E-state index in [0.29, 0.717) is 17.1 Å². The number of carbonyl (C=O) groups is 1. The quantitative estimate of drug-likeness (QED) is 0.814. The van der Waals surface area contributed by atoms with E-state index in [1.54, 1.807) is 14.0 Å². The van der Waals surface area contributed by atoms with Crippen LogP contribution in [0.3, 0.4) is 0 Å². The Labute approximate surface area is 123 Å². The lowest BCUT2D eigenvalue weighted by Gasteiger charge is -2.31. The van der Waals surface area contributed by atoms with E-state index in [-0.39, 0.29) is 29.6 Å². The average molecular weight is 318 g/mol. The monoisotopic (exact) mass is 317 g/mol. The molecule has 2 rings (SSSR count). The number of aryl methyl sites for hydroxylation is 1. The van der Waals surface area contributed by atoms with Crippen LogP contribution in [0.15, 0.2) is 17.0 Å². The number of rotatable bonds is 2. The molecule has 2 N–H and O–H groups in total. The minimum absolute atomic E-state index is 0.0942. The van der Waals surface area contributed by atoms with Crippen LogP contribution in [-0.2, 0) is 14.8 Å². The van der Waals surface area contributed by atoms with Gasteiger partial charge in [0.05, 0.1) is 22.2 Å². The van der Waals surface area contributed by atoms with Crippen LogP contribution >= 0.6 is 11.6 Å². The van der Waals surface area contributed by atoms with E-state index in [9.17, 15) is 13.2 Å². The van der Waals surface area contributed by atoms with E-state index in [2.05, 4.69) is 0 Å². The van der Waals surface area contributed by atoms with Gasteiger partial charge in [-0.15, -0.1) is 0 Å². The van der Waals surface area contributed by atoms with Gasteiger partial charge in [0.15, 0.2) is 0 Å². The fourth-order valence-electron chi connectivity index (χ4n) is 2.03. The van der Waals surface area contributed by atoms with Crippen LogP contribution < -0.4 is 5.73 Å². The fourth-order valence-corrected chi connectivity index (χ4v) is 3.87. The Kier molecular flexibility index (Phi) is 3.95. The molecule has 0 saturated carbocycles. The second kappa shape index (κ2) is 5.23. The van der Waals surface area contributed by atoms with Crippen molar-refractivity contribution in [1.29, 1.82) is 0 Å². The zero-order valence-electron chi connectivity index (χ0n) is 11.3. The van der Waals surface area contributed by atoms with Gasteiger partial charge in [-0.1, -0.05) is 11.6 Å². The van der Waals surface area contributed by atoms with Crippen LogP contribution in [0.2, 0.25) is 5.02 Å². The van der Waals surface area contributed by atoms with Gasteiger partial charge in [0.1, 0.15) is 0 Å². The molecule has 0 aromatic heterocycles. The van der Waals surface area contributed by atoms with Crippen LogP contribution in [0, 0.1) is 6.92 Å². The first-order valence-electron chi connectivity index (χ1n) is 6.03. The van der Waals surface area contributed by atoms with Crippen molar-refractivity contribution >= 4 is 33.2 Å². The maximum atomic E-state index is 12.6. The number of likely N-dealkylation sites (N-methyl/N-ethyl adjacent to an activating group) is 1. The lowest BCUT2D eigenvalue weighted by atomic mass is 10.2. The van der Waals surface area contributed by atoms with Gasteiger partial charge in [-0.3, -0.25) is 4.79 Å². The number of nitrogens with zero attached hydrogens (tertiary/aromatic N) is 2. The van der Waals surface area contributed by atoms with Crippen molar-refractivity contribution in [3.8, 4) is 0 Å². The minimum atomic E-state index is -3.74. The van der Waals surface area contributed by atoms with Gasteiger partial charge in [0.25, 0.3) is 0 Å². The number of benzene rings is 1. The van der Waals surface area contributed by atoms with Crippen molar-refractivity contribution in [1.82, 2.24) is 9.21 Å². The Bertz CT molecular complexity index is 660. The molecule has 0 spiro atoms. The number of nitrogen functional groups attached to an aromatic ring is 1. The van der Waals surface area contributed by atoms with Crippen molar-refractivity contribution in [3.63, 3.8) is 0 Å². The summed E-state index contributed by atoms with van der Waals surface area (Å²) >= 11 is 5.87. The summed E-state index contributed by atoms with van der Waals surface area (Å²) in [5, 5.41) is 0.316. The number of anilines is 1. The molecule has 6 nitrogen and oxygen atoms in total. The Balaban J connectivity index is 2.41. The Morgan fingerprint density at radius 3 is 2.55 bits per heavy atom. The minimum Gasteiger partial charge on any atom is -0.397 e. The number of nitrogens with two attached hydrogens (primary N) is 1. The summed E-state index contributed by atoms with van der Waals surface area (Å²) in [5.74, 6) is -0.223. The van der Waals surface area contributed by atoms with E-state index in [1.165, 1.54) is 21.3 Å². The first-order valence-corrected chi connectivity index (χ1v) is 7.85. The predicted molar refractivity (Wildman–Crippen MR) is 77.0 cm³/mol. The summed E-state index contributed by atoms with van der Waals surface area (Å²) in [7, 11) is -2.09. The second-order valence-corrected chi connectivity index (χ2v) is 7.11.